The van der Waals surface area contributed by atoms with E-state index in [-0.39, 0.29) is 6.61 Å². The van der Waals surface area contributed by atoms with Crippen molar-refractivity contribution in [2.45, 2.75) is 6.61 Å². The lowest BCUT2D eigenvalue weighted by Crippen LogP contribution is -2.12. The Labute approximate surface area is 113 Å². The van der Waals surface area contributed by atoms with Gasteiger partial charge in [-0.1, -0.05) is 30.3 Å². The SMILES string of the molecule is O=C(COCc1ccccc1)c1cc(F)c(F)cc1F. The summed E-state index contributed by atoms with van der Waals surface area (Å²) in [6.45, 7) is -0.227. The van der Waals surface area contributed by atoms with Crippen molar-refractivity contribution in [3.63, 3.8) is 0 Å². The second kappa shape index (κ2) is 6.34. The van der Waals surface area contributed by atoms with Crippen molar-refractivity contribution in [2.24, 2.45) is 0 Å². The third-order valence-corrected chi connectivity index (χ3v) is 2.66. The predicted octanol–water partition coefficient (Wildman–Crippen LogP) is 3.50. The number of halogens is 3. The van der Waals surface area contributed by atoms with E-state index in [2.05, 4.69) is 0 Å². The van der Waals surface area contributed by atoms with Gasteiger partial charge in [-0.15, -0.1) is 0 Å². The highest BCUT2D eigenvalue weighted by atomic mass is 19.2. The smallest absolute Gasteiger partial charge is 0.191 e. The minimum absolute atomic E-state index is 0.178. The summed E-state index contributed by atoms with van der Waals surface area (Å²) in [6.07, 6.45) is 0. The van der Waals surface area contributed by atoms with Gasteiger partial charge in [0.05, 0.1) is 12.2 Å². The zero-order valence-corrected chi connectivity index (χ0v) is 10.4. The fourth-order valence-electron chi connectivity index (χ4n) is 1.65. The number of carbonyl (C=O) groups excluding carboxylic acids is 1. The lowest BCUT2D eigenvalue weighted by molar-refractivity contribution is 0.0722. The summed E-state index contributed by atoms with van der Waals surface area (Å²) in [7, 11) is 0. The normalized spacial score (nSPS) is 10.6. The van der Waals surface area contributed by atoms with Crippen molar-refractivity contribution in [1.29, 1.82) is 0 Å². The number of hydrogen-bond acceptors (Lipinski definition) is 2. The highest BCUT2D eigenvalue weighted by molar-refractivity contribution is 5.97. The van der Waals surface area contributed by atoms with E-state index in [9.17, 15) is 18.0 Å². The molecule has 0 bridgehead atoms. The molecule has 2 aromatic rings. The molecule has 0 unspecified atom stereocenters. The third kappa shape index (κ3) is 3.45. The number of ketones is 1. The van der Waals surface area contributed by atoms with Crippen molar-refractivity contribution >= 4 is 5.78 Å². The predicted molar refractivity (Wildman–Crippen MR) is 66.7 cm³/mol. The average molecular weight is 280 g/mol. The maximum absolute atomic E-state index is 13.3. The molecule has 2 rings (SSSR count). The Kier molecular flexibility index (Phi) is 4.53. The number of benzene rings is 2. The molecule has 2 aromatic carbocycles. The summed E-state index contributed by atoms with van der Waals surface area (Å²) in [5.74, 6) is -4.43. The molecule has 20 heavy (non-hydrogen) atoms. The van der Waals surface area contributed by atoms with Gasteiger partial charge in [-0.3, -0.25) is 4.79 Å². The number of carbonyl (C=O) groups is 1. The van der Waals surface area contributed by atoms with Crippen LogP contribution in [-0.2, 0) is 11.3 Å². The molecule has 0 N–H and O–H groups in total. The fourth-order valence-corrected chi connectivity index (χ4v) is 1.65. The van der Waals surface area contributed by atoms with Crippen LogP contribution in [0.5, 0.6) is 0 Å². The Balaban J connectivity index is 1.97. The summed E-state index contributed by atoms with van der Waals surface area (Å²) >= 11 is 0. The molecule has 0 heterocycles. The van der Waals surface area contributed by atoms with E-state index in [1.165, 1.54) is 0 Å². The summed E-state index contributed by atoms with van der Waals surface area (Å²) in [5.41, 5.74) is 0.336. The Morgan fingerprint density at radius 3 is 2.30 bits per heavy atom. The highest BCUT2D eigenvalue weighted by Crippen LogP contribution is 2.14. The van der Waals surface area contributed by atoms with E-state index >= 15 is 0 Å². The van der Waals surface area contributed by atoms with Gasteiger partial charge in [0.2, 0.25) is 0 Å². The molecular weight excluding hydrogens is 269 g/mol. The number of ether oxygens (including phenoxy) is 1. The Morgan fingerprint density at radius 2 is 1.60 bits per heavy atom. The minimum Gasteiger partial charge on any atom is -0.369 e. The molecule has 0 radical (unpaired) electrons. The molecular formula is C15H11F3O2. The van der Waals surface area contributed by atoms with Crippen molar-refractivity contribution < 1.29 is 22.7 Å². The highest BCUT2D eigenvalue weighted by Gasteiger charge is 2.16. The zero-order chi connectivity index (χ0) is 14.5. The zero-order valence-electron chi connectivity index (χ0n) is 10.4. The monoisotopic (exact) mass is 280 g/mol. The first kappa shape index (κ1) is 14.3. The molecule has 104 valence electrons. The van der Waals surface area contributed by atoms with Gasteiger partial charge in [0.1, 0.15) is 12.4 Å². The lowest BCUT2D eigenvalue weighted by Gasteiger charge is -2.05. The van der Waals surface area contributed by atoms with Crippen molar-refractivity contribution in [3.8, 4) is 0 Å². The van der Waals surface area contributed by atoms with E-state index in [1.54, 1.807) is 0 Å². The van der Waals surface area contributed by atoms with Crippen molar-refractivity contribution in [1.82, 2.24) is 0 Å². The van der Waals surface area contributed by atoms with Crippen LogP contribution in [0.25, 0.3) is 0 Å². The molecule has 0 fully saturated rings. The van der Waals surface area contributed by atoms with Gasteiger partial charge >= 0.3 is 0 Å². The molecule has 0 aliphatic heterocycles. The van der Waals surface area contributed by atoms with Crippen LogP contribution in [0.4, 0.5) is 13.2 Å². The quantitative estimate of drug-likeness (QED) is 0.619. The molecule has 0 atom stereocenters. The molecule has 0 aliphatic rings. The maximum Gasteiger partial charge on any atom is 0.191 e. The second-order valence-electron chi connectivity index (χ2n) is 4.15. The van der Waals surface area contributed by atoms with E-state index in [0.717, 1.165) is 5.56 Å². The molecule has 0 aliphatic carbocycles. The maximum atomic E-state index is 13.3. The first-order chi connectivity index (χ1) is 9.58. The summed E-state index contributed by atoms with van der Waals surface area (Å²) < 4.78 is 44.2. The van der Waals surface area contributed by atoms with Gasteiger partial charge in [-0.25, -0.2) is 13.2 Å². The van der Waals surface area contributed by atoms with Crippen LogP contribution in [0.3, 0.4) is 0 Å². The van der Waals surface area contributed by atoms with Crippen LogP contribution >= 0.6 is 0 Å². The molecule has 0 aromatic heterocycles. The number of rotatable bonds is 5. The topological polar surface area (TPSA) is 26.3 Å². The molecule has 2 nitrogen and oxygen atoms in total. The van der Waals surface area contributed by atoms with E-state index in [4.69, 9.17) is 4.74 Å². The molecule has 5 heteroatoms. The van der Waals surface area contributed by atoms with E-state index in [0.29, 0.717) is 12.1 Å². The summed E-state index contributed by atoms with van der Waals surface area (Å²) in [4.78, 5) is 11.7. The van der Waals surface area contributed by atoms with Crippen molar-refractivity contribution in [2.75, 3.05) is 6.61 Å². The van der Waals surface area contributed by atoms with Crippen LogP contribution in [0.15, 0.2) is 42.5 Å². The Hall–Kier alpha value is -2.14. The first-order valence-corrected chi connectivity index (χ1v) is 5.87. The van der Waals surface area contributed by atoms with Gasteiger partial charge in [-0.05, 0) is 11.6 Å². The molecule has 0 amide bonds. The van der Waals surface area contributed by atoms with Crippen molar-refractivity contribution in [3.05, 3.63) is 71.0 Å². The van der Waals surface area contributed by atoms with E-state index < -0.39 is 35.4 Å². The molecule has 0 saturated carbocycles. The summed E-state index contributed by atoms with van der Waals surface area (Å²) in [5, 5.41) is 0. The Morgan fingerprint density at radius 1 is 0.950 bits per heavy atom. The van der Waals surface area contributed by atoms with Gasteiger partial charge in [0.25, 0.3) is 0 Å². The van der Waals surface area contributed by atoms with Crippen LogP contribution < -0.4 is 0 Å². The standard InChI is InChI=1S/C15H11F3O2/c16-12-7-14(18)13(17)6-11(12)15(19)9-20-8-10-4-2-1-3-5-10/h1-7H,8-9H2. The van der Waals surface area contributed by atoms with Crippen LogP contribution in [0.1, 0.15) is 15.9 Å². The van der Waals surface area contributed by atoms with Crippen LogP contribution in [0, 0.1) is 17.5 Å². The van der Waals surface area contributed by atoms with Crippen LogP contribution in [-0.4, -0.2) is 12.4 Å². The third-order valence-electron chi connectivity index (χ3n) is 2.66. The van der Waals surface area contributed by atoms with Gasteiger partial charge in [-0.2, -0.15) is 0 Å². The molecule has 0 spiro atoms. The summed E-state index contributed by atoms with van der Waals surface area (Å²) in [6, 6.07) is 9.97. The lowest BCUT2D eigenvalue weighted by atomic mass is 10.1. The fraction of sp³-hybridized carbons (Fsp3) is 0.133. The Bertz CT molecular complexity index is 612. The van der Waals surface area contributed by atoms with Gasteiger partial charge < -0.3 is 4.74 Å². The van der Waals surface area contributed by atoms with Gasteiger partial charge in [0, 0.05) is 6.07 Å². The van der Waals surface area contributed by atoms with E-state index in [1.807, 2.05) is 30.3 Å². The van der Waals surface area contributed by atoms with Crippen LogP contribution in [0.2, 0.25) is 0 Å². The second-order valence-corrected chi connectivity index (χ2v) is 4.15. The van der Waals surface area contributed by atoms with Gasteiger partial charge in [0.15, 0.2) is 17.4 Å². The minimum atomic E-state index is -1.33. The number of Topliss-reactive ketones (excluding diaryl/α,β-unsaturated/α-hetero) is 1. The number of hydrogen-bond donors (Lipinski definition) is 0. The first-order valence-electron chi connectivity index (χ1n) is 5.87. The average Bonchev–Trinajstić information content (AvgIpc) is 2.44. The molecule has 0 saturated heterocycles. The largest absolute Gasteiger partial charge is 0.369 e.